The van der Waals surface area contributed by atoms with E-state index in [4.69, 9.17) is 0 Å². The Kier molecular flexibility index (Phi) is 3.80. The molecule has 0 bridgehead atoms. The van der Waals surface area contributed by atoms with Crippen LogP contribution < -0.4 is 10.5 Å². The molecule has 18 heavy (non-hydrogen) atoms. The van der Waals surface area contributed by atoms with Crippen molar-refractivity contribution in [3.8, 4) is 0 Å². The maximum absolute atomic E-state index is 12.5. The van der Waals surface area contributed by atoms with E-state index in [0.717, 1.165) is 11.9 Å². The van der Waals surface area contributed by atoms with Crippen LogP contribution in [-0.2, 0) is 5.54 Å². The van der Waals surface area contributed by atoms with Gasteiger partial charge in [-0.2, -0.15) is 0 Å². The molecule has 0 N–H and O–H groups in total. The molecule has 1 aliphatic carbocycles. The van der Waals surface area contributed by atoms with Gasteiger partial charge >= 0.3 is 0 Å². The van der Waals surface area contributed by atoms with E-state index in [-0.39, 0.29) is 11.1 Å². The topological polar surface area (TPSA) is 38.1 Å². The van der Waals surface area contributed by atoms with E-state index in [1.54, 1.807) is 17.0 Å². The van der Waals surface area contributed by atoms with Gasteiger partial charge in [0.05, 0.1) is 0 Å². The van der Waals surface area contributed by atoms with Gasteiger partial charge in [-0.05, 0) is 33.6 Å². The highest BCUT2D eigenvalue weighted by Crippen LogP contribution is 2.29. The molecule has 1 saturated carbocycles. The van der Waals surface area contributed by atoms with E-state index < -0.39 is 0 Å². The number of anilines is 1. The molecule has 0 unspecified atom stereocenters. The smallest absolute Gasteiger partial charge is 0.293 e. The average molecular weight is 314 g/mol. The molecular weight excluding hydrogens is 294 g/mol. The van der Waals surface area contributed by atoms with Crippen molar-refractivity contribution in [2.45, 2.75) is 45.2 Å². The number of hydrogen-bond acceptors (Lipinski definition) is 3. The zero-order chi connectivity index (χ0) is 13.3. The van der Waals surface area contributed by atoms with E-state index in [0.29, 0.717) is 11.9 Å². The van der Waals surface area contributed by atoms with Crippen LogP contribution in [0.25, 0.3) is 0 Å². The van der Waals surface area contributed by atoms with Gasteiger partial charge in [0.1, 0.15) is 0 Å². The van der Waals surface area contributed by atoms with E-state index in [2.05, 4.69) is 25.8 Å². The van der Waals surface area contributed by atoms with Crippen molar-refractivity contribution in [1.82, 2.24) is 9.55 Å². The lowest BCUT2D eigenvalue weighted by Gasteiger charge is -2.26. The van der Waals surface area contributed by atoms with Crippen LogP contribution in [0.2, 0.25) is 0 Å². The highest BCUT2D eigenvalue weighted by Gasteiger charge is 2.31. The van der Waals surface area contributed by atoms with Gasteiger partial charge in [0.15, 0.2) is 5.82 Å². The van der Waals surface area contributed by atoms with Gasteiger partial charge < -0.3 is 9.47 Å². The van der Waals surface area contributed by atoms with Crippen LogP contribution in [-0.4, -0.2) is 27.5 Å². The second kappa shape index (κ2) is 5.03. The molecule has 1 aromatic rings. The molecule has 0 spiro atoms. The summed E-state index contributed by atoms with van der Waals surface area (Å²) in [6.45, 7) is 6.93. The maximum atomic E-state index is 12.5. The molecule has 0 radical (unpaired) electrons. The quantitative estimate of drug-likeness (QED) is 0.801. The summed E-state index contributed by atoms with van der Waals surface area (Å²) in [4.78, 5) is 19.0. The standard InChI is InChI=1S/C13H20BrN3O/c1-13(2,3)17-9-7-15-11(12(17)18)16(8-6-14)10-4-5-10/h7,9-10H,4-6,8H2,1-3H3. The summed E-state index contributed by atoms with van der Waals surface area (Å²) in [5.74, 6) is 0.592. The number of alkyl halides is 1. The highest BCUT2D eigenvalue weighted by molar-refractivity contribution is 9.09. The molecule has 0 aromatic carbocycles. The Hall–Kier alpha value is -0.840. The molecule has 1 fully saturated rings. The zero-order valence-corrected chi connectivity index (χ0v) is 12.8. The average Bonchev–Trinajstić information content (AvgIpc) is 3.09. The summed E-state index contributed by atoms with van der Waals surface area (Å²) in [6, 6.07) is 0.499. The van der Waals surface area contributed by atoms with Crippen LogP contribution in [0.5, 0.6) is 0 Å². The van der Waals surface area contributed by atoms with Crippen LogP contribution in [0, 0.1) is 0 Å². The monoisotopic (exact) mass is 313 g/mol. The Morgan fingerprint density at radius 3 is 2.67 bits per heavy atom. The zero-order valence-electron chi connectivity index (χ0n) is 11.2. The van der Waals surface area contributed by atoms with Gasteiger partial charge in [-0.1, -0.05) is 15.9 Å². The first kappa shape index (κ1) is 13.6. The first-order valence-electron chi connectivity index (χ1n) is 6.36. The van der Waals surface area contributed by atoms with E-state index in [9.17, 15) is 4.79 Å². The minimum atomic E-state index is -0.210. The minimum absolute atomic E-state index is 0.0119. The molecule has 1 aliphatic rings. The normalized spacial score (nSPS) is 15.8. The van der Waals surface area contributed by atoms with Crippen molar-refractivity contribution in [3.63, 3.8) is 0 Å². The first-order valence-corrected chi connectivity index (χ1v) is 7.48. The summed E-state index contributed by atoms with van der Waals surface area (Å²) in [5, 5.41) is 0.856. The predicted molar refractivity (Wildman–Crippen MR) is 77.7 cm³/mol. The van der Waals surface area contributed by atoms with Crippen molar-refractivity contribution in [2.24, 2.45) is 0 Å². The number of nitrogens with zero attached hydrogens (tertiary/aromatic N) is 3. The summed E-state index contributed by atoms with van der Waals surface area (Å²) in [5.41, 5.74) is -0.198. The van der Waals surface area contributed by atoms with Crippen molar-refractivity contribution < 1.29 is 0 Å². The van der Waals surface area contributed by atoms with Crippen LogP contribution in [0.1, 0.15) is 33.6 Å². The van der Waals surface area contributed by atoms with Crippen molar-refractivity contribution in [3.05, 3.63) is 22.7 Å². The minimum Gasteiger partial charge on any atom is -0.348 e. The molecule has 2 rings (SSSR count). The lowest BCUT2D eigenvalue weighted by atomic mass is 10.1. The summed E-state index contributed by atoms with van der Waals surface area (Å²) in [7, 11) is 0. The number of hydrogen-bond donors (Lipinski definition) is 0. The molecular formula is C13H20BrN3O. The largest absolute Gasteiger partial charge is 0.348 e. The van der Waals surface area contributed by atoms with Gasteiger partial charge in [-0.15, -0.1) is 0 Å². The Labute approximate surface area is 116 Å². The van der Waals surface area contributed by atoms with Gasteiger partial charge in [-0.25, -0.2) is 4.98 Å². The third-order valence-corrected chi connectivity index (χ3v) is 3.49. The van der Waals surface area contributed by atoms with Crippen LogP contribution in [0.15, 0.2) is 17.2 Å². The lowest BCUT2D eigenvalue weighted by molar-refractivity contribution is 0.382. The summed E-state index contributed by atoms with van der Waals surface area (Å²) < 4.78 is 1.76. The van der Waals surface area contributed by atoms with Crippen molar-refractivity contribution in [1.29, 1.82) is 0 Å². The molecule has 100 valence electrons. The fraction of sp³-hybridized carbons (Fsp3) is 0.692. The van der Waals surface area contributed by atoms with Crippen LogP contribution in [0.4, 0.5) is 5.82 Å². The Morgan fingerprint density at radius 1 is 1.50 bits per heavy atom. The number of rotatable bonds is 4. The SMILES string of the molecule is CC(C)(C)n1ccnc(N(CCBr)C2CC2)c1=O. The van der Waals surface area contributed by atoms with E-state index >= 15 is 0 Å². The number of halogens is 1. The highest BCUT2D eigenvalue weighted by atomic mass is 79.9. The lowest BCUT2D eigenvalue weighted by Crippen LogP contribution is -2.40. The second-order valence-corrected chi connectivity index (χ2v) is 6.50. The third-order valence-electron chi connectivity index (χ3n) is 3.13. The van der Waals surface area contributed by atoms with Crippen molar-refractivity contribution >= 4 is 21.7 Å². The summed E-state index contributed by atoms with van der Waals surface area (Å²) >= 11 is 3.45. The molecule has 0 atom stereocenters. The number of aromatic nitrogens is 2. The molecule has 1 aromatic heterocycles. The van der Waals surface area contributed by atoms with Gasteiger partial charge in [0.25, 0.3) is 5.56 Å². The second-order valence-electron chi connectivity index (χ2n) is 5.71. The van der Waals surface area contributed by atoms with Crippen molar-refractivity contribution in [2.75, 3.05) is 16.8 Å². The third kappa shape index (κ3) is 2.76. The molecule has 0 aliphatic heterocycles. The molecule has 0 amide bonds. The Morgan fingerprint density at radius 2 is 2.17 bits per heavy atom. The van der Waals surface area contributed by atoms with E-state index in [1.165, 1.54) is 12.8 Å². The molecule has 4 nitrogen and oxygen atoms in total. The fourth-order valence-electron chi connectivity index (χ4n) is 2.07. The van der Waals surface area contributed by atoms with Gasteiger partial charge in [-0.3, -0.25) is 4.79 Å². The van der Waals surface area contributed by atoms with Crippen LogP contribution in [0.3, 0.4) is 0 Å². The molecule has 5 heteroatoms. The van der Waals surface area contributed by atoms with E-state index in [1.807, 2.05) is 20.8 Å². The Balaban J connectivity index is 2.41. The molecule has 1 heterocycles. The predicted octanol–water partition coefficient (Wildman–Crippen LogP) is 2.36. The summed E-state index contributed by atoms with van der Waals surface area (Å²) in [6.07, 6.45) is 5.83. The first-order chi connectivity index (χ1) is 8.45. The van der Waals surface area contributed by atoms with Crippen LogP contribution >= 0.6 is 15.9 Å². The van der Waals surface area contributed by atoms with Gasteiger partial charge in [0.2, 0.25) is 0 Å². The maximum Gasteiger partial charge on any atom is 0.293 e. The molecule has 0 saturated heterocycles. The Bertz CT molecular complexity index is 474. The fourth-order valence-corrected chi connectivity index (χ4v) is 2.45. The van der Waals surface area contributed by atoms with Gasteiger partial charge in [0, 0.05) is 35.8 Å².